The van der Waals surface area contributed by atoms with Crippen molar-refractivity contribution in [1.29, 1.82) is 0 Å². The summed E-state index contributed by atoms with van der Waals surface area (Å²) in [6.07, 6.45) is -2.35. The Morgan fingerprint density at radius 2 is 1.95 bits per heavy atom. The molecule has 0 radical (unpaired) electrons. The van der Waals surface area contributed by atoms with Crippen LogP contribution in [0.15, 0.2) is 30.3 Å². The van der Waals surface area contributed by atoms with Gasteiger partial charge in [0, 0.05) is 0 Å². The van der Waals surface area contributed by atoms with Gasteiger partial charge in [0.05, 0.1) is 14.6 Å². The lowest BCUT2D eigenvalue weighted by Gasteiger charge is -2.23. The van der Waals surface area contributed by atoms with Gasteiger partial charge in [-0.25, -0.2) is 0 Å². The minimum absolute atomic E-state index is 0.374. The molecule has 0 unspecified atom stereocenters. The van der Waals surface area contributed by atoms with Crippen molar-refractivity contribution >= 4 is 0 Å². The Morgan fingerprint density at radius 1 is 1.25 bits per heavy atom. The standard InChI is InChI=1S/C15H20O5/c1-15(2)19-12-11(8-16)18-14(13(12)20-15)17-9-10-6-4-3-5-7-10/h3-7,11-14,16H,8-9H2,1-2H3/t11-,12+,13+,14+/m1/s1/i8D/t8-,11-,12+,13+,14+. The van der Waals surface area contributed by atoms with Gasteiger partial charge in [0.25, 0.3) is 0 Å². The van der Waals surface area contributed by atoms with Crippen LogP contribution in [0.5, 0.6) is 0 Å². The summed E-state index contributed by atoms with van der Waals surface area (Å²) >= 11 is 0. The van der Waals surface area contributed by atoms with Gasteiger partial charge in [-0.2, -0.15) is 0 Å². The Kier molecular flexibility index (Phi) is 3.45. The van der Waals surface area contributed by atoms with Crippen LogP contribution in [0.25, 0.3) is 0 Å². The molecule has 2 aliphatic rings. The smallest absolute Gasteiger partial charge is 0.187 e. The Labute approximate surface area is 119 Å². The van der Waals surface area contributed by atoms with E-state index < -0.39 is 37.0 Å². The topological polar surface area (TPSA) is 57.2 Å². The van der Waals surface area contributed by atoms with Gasteiger partial charge in [-0.1, -0.05) is 30.3 Å². The molecule has 0 aliphatic carbocycles. The molecule has 0 spiro atoms. The van der Waals surface area contributed by atoms with Crippen molar-refractivity contribution in [3.05, 3.63) is 35.9 Å². The summed E-state index contributed by atoms with van der Waals surface area (Å²) in [4.78, 5) is 0. The fourth-order valence-electron chi connectivity index (χ4n) is 2.60. The number of ether oxygens (including phenoxy) is 4. The zero-order valence-electron chi connectivity index (χ0n) is 12.6. The van der Waals surface area contributed by atoms with E-state index in [0.717, 1.165) is 5.56 Å². The lowest BCUT2D eigenvalue weighted by molar-refractivity contribution is -0.239. The third-order valence-corrected chi connectivity index (χ3v) is 3.45. The van der Waals surface area contributed by atoms with Gasteiger partial charge in [-0.05, 0) is 19.4 Å². The van der Waals surface area contributed by atoms with Crippen LogP contribution in [-0.4, -0.2) is 42.1 Å². The van der Waals surface area contributed by atoms with E-state index in [-0.39, 0.29) is 0 Å². The first-order valence-electron chi connectivity index (χ1n) is 7.31. The van der Waals surface area contributed by atoms with E-state index in [1.807, 2.05) is 30.3 Å². The summed E-state index contributed by atoms with van der Waals surface area (Å²) in [5.74, 6) is -0.763. The second kappa shape index (κ2) is 5.42. The van der Waals surface area contributed by atoms with Crippen molar-refractivity contribution in [1.82, 2.24) is 0 Å². The molecule has 20 heavy (non-hydrogen) atoms. The van der Waals surface area contributed by atoms with Crippen LogP contribution < -0.4 is 0 Å². The molecule has 3 rings (SSSR count). The van der Waals surface area contributed by atoms with E-state index in [9.17, 15) is 5.11 Å². The molecular weight excluding hydrogens is 260 g/mol. The monoisotopic (exact) mass is 281 g/mol. The fraction of sp³-hybridized carbons (Fsp3) is 0.600. The summed E-state index contributed by atoms with van der Waals surface area (Å²) in [6.45, 7) is 2.58. The Hall–Kier alpha value is -0.980. The zero-order chi connectivity index (χ0) is 15.0. The lowest BCUT2D eigenvalue weighted by Crippen LogP contribution is -2.32. The molecule has 5 nitrogen and oxygen atoms in total. The van der Waals surface area contributed by atoms with E-state index in [1.54, 1.807) is 13.8 Å². The molecule has 0 bridgehead atoms. The Morgan fingerprint density at radius 3 is 2.65 bits per heavy atom. The molecule has 5 heteroatoms. The van der Waals surface area contributed by atoms with Gasteiger partial charge in [0.15, 0.2) is 12.1 Å². The molecule has 2 saturated heterocycles. The van der Waals surface area contributed by atoms with E-state index >= 15 is 0 Å². The molecule has 1 aromatic rings. The first kappa shape index (κ1) is 12.7. The maximum Gasteiger partial charge on any atom is 0.187 e. The predicted molar refractivity (Wildman–Crippen MR) is 70.8 cm³/mol. The third kappa shape index (κ3) is 2.73. The van der Waals surface area contributed by atoms with E-state index in [0.29, 0.717) is 6.61 Å². The lowest BCUT2D eigenvalue weighted by atomic mass is 10.1. The highest BCUT2D eigenvalue weighted by Gasteiger charge is 2.55. The summed E-state index contributed by atoms with van der Waals surface area (Å²) in [6, 6.07) is 9.73. The highest BCUT2D eigenvalue weighted by molar-refractivity contribution is 5.13. The van der Waals surface area contributed by atoms with Crippen molar-refractivity contribution in [2.24, 2.45) is 0 Å². The molecule has 0 amide bonds. The largest absolute Gasteiger partial charge is 0.394 e. The van der Waals surface area contributed by atoms with Crippen molar-refractivity contribution in [3.8, 4) is 0 Å². The van der Waals surface area contributed by atoms with Crippen molar-refractivity contribution in [2.75, 3.05) is 6.58 Å². The van der Waals surface area contributed by atoms with Gasteiger partial charge >= 0.3 is 0 Å². The molecule has 2 fully saturated rings. The minimum Gasteiger partial charge on any atom is -0.394 e. The predicted octanol–water partition coefficient (Wildman–Crippen LogP) is 1.44. The highest BCUT2D eigenvalue weighted by Crippen LogP contribution is 2.39. The summed E-state index contributed by atoms with van der Waals surface area (Å²) in [5, 5.41) is 9.52. The second-order valence-electron chi connectivity index (χ2n) is 5.48. The van der Waals surface area contributed by atoms with Gasteiger partial charge in [0.1, 0.15) is 18.3 Å². The number of rotatable bonds is 4. The van der Waals surface area contributed by atoms with Gasteiger partial charge in [-0.3, -0.25) is 0 Å². The number of fused-ring (bicyclic) bond motifs is 1. The third-order valence-electron chi connectivity index (χ3n) is 3.45. The Bertz CT molecular complexity index is 478. The normalized spacial score (nSPS) is 37.5. The first-order valence-corrected chi connectivity index (χ1v) is 6.73. The van der Waals surface area contributed by atoms with Crippen LogP contribution in [0, 0.1) is 0 Å². The quantitative estimate of drug-likeness (QED) is 0.905. The highest BCUT2D eigenvalue weighted by atomic mass is 16.8. The van der Waals surface area contributed by atoms with Crippen molar-refractivity contribution in [3.63, 3.8) is 0 Å². The van der Waals surface area contributed by atoms with E-state index in [1.165, 1.54) is 0 Å². The molecule has 0 aromatic heterocycles. The van der Waals surface area contributed by atoms with Crippen LogP contribution >= 0.6 is 0 Å². The average Bonchev–Trinajstić information content (AvgIpc) is 2.91. The Balaban J connectivity index is 1.68. The molecule has 2 heterocycles. The van der Waals surface area contributed by atoms with E-state index in [2.05, 4.69) is 0 Å². The average molecular weight is 281 g/mol. The SMILES string of the molecule is [2H][C@@H](O)[C@H]1O[C@H](OCc2ccccc2)[C@H]2OC(C)(C)O[C@H]21. The second-order valence-corrected chi connectivity index (χ2v) is 5.48. The van der Waals surface area contributed by atoms with Crippen LogP contribution in [-0.2, 0) is 25.6 Å². The summed E-state index contributed by atoms with van der Waals surface area (Å²) < 4.78 is 30.3. The van der Waals surface area contributed by atoms with Crippen molar-refractivity contribution in [2.45, 2.75) is 50.8 Å². The zero-order valence-corrected chi connectivity index (χ0v) is 11.6. The number of aliphatic hydroxyl groups is 1. The maximum atomic E-state index is 9.52. The molecule has 2 aliphatic heterocycles. The molecule has 110 valence electrons. The summed E-state index contributed by atoms with van der Waals surface area (Å²) in [7, 11) is 0. The van der Waals surface area contributed by atoms with Crippen molar-refractivity contribution < 1.29 is 25.4 Å². The molecular formula is C15H20O5. The molecule has 5 atom stereocenters. The number of hydrogen-bond donors (Lipinski definition) is 1. The minimum atomic E-state index is -1.39. The molecule has 1 N–H and O–H groups in total. The number of hydrogen-bond acceptors (Lipinski definition) is 5. The summed E-state index contributed by atoms with van der Waals surface area (Å²) in [5.41, 5.74) is 1.02. The maximum absolute atomic E-state index is 9.52. The van der Waals surface area contributed by atoms with Gasteiger partial charge in [0.2, 0.25) is 0 Å². The van der Waals surface area contributed by atoms with Crippen LogP contribution in [0.3, 0.4) is 0 Å². The number of benzene rings is 1. The van der Waals surface area contributed by atoms with E-state index in [4.69, 9.17) is 20.3 Å². The number of aliphatic hydroxyl groups excluding tert-OH is 1. The van der Waals surface area contributed by atoms with Crippen LogP contribution in [0.2, 0.25) is 0 Å². The molecule has 1 aromatic carbocycles. The van der Waals surface area contributed by atoms with Gasteiger partial charge in [-0.15, -0.1) is 0 Å². The van der Waals surface area contributed by atoms with Crippen LogP contribution in [0.1, 0.15) is 20.8 Å². The molecule has 0 saturated carbocycles. The first-order chi connectivity index (χ1) is 9.96. The van der Waals surface area contributed by atoms with Gasteiger partial charge < -0.3 is 24.1 Å². The fourth-order valence-corrected chi connectivity index (χ4v) is 2.60. The van der Waals surface area contributed by atoms with Crippen LogP contribution in [0.4, 0.5) is 0 Å².